The van der Waals surface area contributed by atoms with Crippen LogP contribution in [0.4, 0.5) is 10.5 Å². The Morgan fingerprint density at radius 2 is 1.61 bits per heavy atom. The number of aliphatic hydroxyl groups excluding tert-OH is 1. The molecule has 1 fully saturated rings. The maximum Gasteiger partial charge on any atom is 0.334 e. The van der Waals surface area contributed by atoms with Gasteiger partial charge in [0.05, 0.1) is 22.6 Å². The van der Waals surface area contributed by atoms with Crippen molar-refractivity contribution in [1.82, 2.24) is 10.6 Å². The number of anilines is 1. The number of urea groups is 1. The average molecular weight is 565 g/mol. The molecular formula is C28H35Cl2N3O5. The summed E-state index contributed by atoms with van der Waals surface area (Å²) >= 11 is 12.1. The van der Waals surface area contributed by atoms with E-state index in [1.54, 1.807) is 42.5 Å². The molecule has 10 heteroatoms. The lowest BCUT2D eigenvalue weighted by molar-refractivity contribution is -0.146. The highest BCUT2D eigenvalue weighted by Crippen LogP contribution is 2.43. The standard InChI is InChI=1S/C28H35Cl2N3O5/c1-28(2,3)19-10-8-17(9-11-19)24(33-27(38)32-20-12-13-21(29)22(30)14-20)16-4-6-18(7-5-16)25(35)31-15-23(34)26(36)37/h4-7,12-14,17,19,23-24,34H,8-11,15H2,1-3H3,(H,31,35)(H,36,37)(H2,32,33,38). The molecule has 0 aliphatic heterocycles. The Labute approximate surface area is 233 Å². The molecule has 0 spiro atoms. The fourth-order valence-corrected chi connectivity index (χ4v) is 5.19. The first-order valence-corrected chi connectivity index (χ1v) is 13.4. The molecule has 2 atom stereocenters. The minimum absolute atomic E-state index is 0.207. The molecule has 0 radical (unpaired) electrons. The van der Waals surface area contributed by atoms with E-state index in [0.717, 1.165) is 31.2 Å². The third-order valence-electron chi connectivity index (χ3n) is 7.21. The Morgan fingerprint density at radius 1 is 0.974 bits per heavy atom. The minimum Gasteiger partial charge on any atom is -0.479 e. The Kier molecular flexibility index (Phi) is 10.0. The van der Waals surface area contributed by atoms with Crippen LogP contribution in [0.2, 0.25) is 10.0 Å². The number of aliphatic hydroxyl groups is 1. The summed E-state index contributed by atoms with van der Waals surface area (Å²) in [6, 6.07) is 11.1. The molecular weight excluding hydrogens is 529 g/mol. The zero-order valence-corrected chi connectivity index (χ0v) is 23.3. The van der Waals surface area contributed by atoms with E-state index < -0.39 is 24.5 Å². The van der Waals surface area contributed by atoms with Crippen molar-refractivity contribution in [2.45, 2.75) is 58.6 Å². The fraction of sp³-hybridized carbons (Fsp3) is 0.464. The first-order valence-electron chi connectivity index (χ1n) is 12.7. The maximum absolute atomic E-state index is 13.0. The molecule has 1 saturated carbocycles. The molecule has 0 heterocycles. The third-order valence-corrected chi connectivity index (χ3v) is 7.94. The zero-order valence-electron chi connectivity index (χ0n) is 21.8. The number of aliphatic carboxylic acids is 1. The first kappa shape index (κ1) is 29.7. The summed E-state index contributed by atoms with van der Waals surface area (Å²) in [7, 11) is 0. The van der Waals surface area contributed by atoms with Crippen LogP contribution in [-0.4, -0.2) is 40.8 Å². The number of carboxylic acid groups (broad SMARTS) is 1. The van der Waals surface area contributed by atoms with Gasteiger partial charge in [-0.05, 0) is 78.8 Å². The van der Waals surface area contributed by atoms with E-state index in [9.17, 15) is 19.5 Å². The van der Waals surface area contributed by atoms with Gasteiger partial charge >= 0.3 is 12.0 Å². The zero-order chi connectivity index (χ0) is 28.0. The number of carbonyl (C=O) groups excluding carboxylic acids is 2. The van der Waals surface area contributed by atoms with Gasteiger partial charge < -0.3 is 26.2 Å². The molecule has 3 amide bonds. The van der Waals surface area contributed by atoms with Gasteiger partial charge in [-0.1, -0.05) is 56.1 Å². The smallest absolute Gasteiger partial charge is 0.334 e. The SMILES string of the molecule is CC(C)(C)C1CCC(C(NC(=O)Nc2ccc(Cl)c(Cl)c2)c2ccc(C(=O)NCC(O)C(=O)O)cc2)CC1. The number of rotatable bonds is 8. The van der Waals surface area contributed by atoms with Gasteiger partial charge in [0.15, 0.2) is 6.10 Å². The van der Waals surface area contributed by atoms with E-state index in [4.69, 9.17) is 28.3 Å². The Balaban J connectivity index is 1.75. The van der Waals surface area contributed by atoms with E-state index >= 15 is 0 Å². The van der Waals surface area contributed by atoms with Gasteiger partial charge in [0.25, 0.3) is 5.91 Å². The topological polar surface area (TPSA) is 128 Å². The predicted octanol–water partition coefficient (Wildman–Crippen LogP) is 5.88. The summed E-state index contributed by atoms with van der Waals surface area (Å²) in [5.41, 5.74) is 1.92. The quantitative estimate of drug-likeness (QED) is 0.274. The van der Waals surface area contributed by atoms with E-state index in [0.29, 0.717) is 27.2 Å². The number of benzene rings is 2. The van der Waals surface area contributed by atoms with Crippen LogP contribution in [0.25, 0.3) is 0 Å². The van der Waals surface area contributed by atoms with E-state index in [1.807, 2.05) is 0 Å². The highest BCUT2D eigenvalue weighted by atomic mass is 35.5. The van der Waals surface area contributed by atoms with Crippen LogP contribution in [0.5, 0.6) is 0 Å². The highest BCUT2D eigenvalue weighted by molar-refractivity contribution is 6.42. The maximum atomic E-state index is 13.0. The summed E-state index contributed by atoms with van der Waals surface area (Å²) in [4.78, 5) is 36.2. The predicted molar refractivity (Wildman–Crippen MR) is 149 cm³/mol. The lowest BCUT2D eigenvalue weighted by Gasteiger charge is -2.39. The largest absolute Gasteiger partial charge is 0.479 e. The van der Waals surface area contributed by atoms with Crippen molar-refractivity contribution in [1.29, 1.82) is 0 Å². The number of nitrogens with one attached hydrogen (secondary N) is 3. The summed E-state index contributed by atoms with van der Waals surface area (Å²) < 4.78 is 0. The molecule has 0 aromatic heterocycles. The molecule has 1 aliphatic carbocycles. The summed E-state index contributed by atoms with van der Waals surface area (Å²) in [6.07, 6.45) is 2.36. The molecule has 1 aliphatic rings. The highest BCUT2D eigenvalue weighted by Gasteiger charge is 2.34. The van der Waals surface area contributed by atoms with Gasteiger partial charge in [-0.25, -0.2) is 9.59 Å². The summed E-state index contributed by atoms with van der Waals surface area (Å²) in [6.45, 7) is 6.39. The number of amides is 3. The van der Waals surface area contributed by atoms with Crippen molar-refractivity contribution >= 4 is 46.8 Å². The second-order valence-corrected chi connectivity index (χ2v) is 11.7. The van der Waals surface area contributed by atoms with Crippen molar-refractivity contribution in [2.75, 3.05) is 11.9 Å². The normalized spacial score (nSPS) is 19.2. The van der Waals surface area contributed by atoms with Crippen LogP contribution in [-0.2, 0) is 4.79 Å². The molecule has 8 nitrogen and oxygen atoms in total. The average Bonchev–Trinajstić information content (AvgIpc) is 2.87. The van der Waals surface area contributed by atoms with E-state index in [2.05, 4.69) is 36.7 Å². The molecule has 2 aromatic carbocycles. The van der Waals surface area contributed by atoms with Crippen LogP contribution in [0.3, 0.4) is 0 Å². The van der Waals surface area contributed by atoms with Crippen molar-refractivity contribution in [3.63, 3.8) is 0 Å². The summed E-state index contributed by atoms with van der Waals surface area (Å²) in [5.74, 6) is -1.09. The fourth-order valence-electron chi connectivity index (χ4n) is 4.89. The van der Waals surface area contributed by atoms with Gasteiger partial charge in [-0.2, -0.15) is 0 Å². The Morgan fingerprint density at radius 3 is 2.16 bits per heavy atom. The summed E-state index contributed by atoms with van der Waals surface area (Å²) in [5, 5.41) is 27.3. The van der Waals surface area contributed by atoms with E-state index in [-0.39, 0.29) is 23.4 Å². The van der Waals surface area contributed by atoms with E-state index in [1.165, 1.54) is 0 Å². The lowest BCUT2D eigenvalue weighted by atomic mass is 9.68. The monoisotopic (exact) mass is 563 g/mol. The third kappa shape index (κ3) is 8.09. The molecule has 206 valence electrons. The van der Waals surface area contributed by atoms with Crippen molar-refractivity contribution in [2.24, 2.45) is 17.3 Å². The molecule has 2 unspecified atom stereocenters. The lowest BCUT2D eigenvalue weighted by Crippen LogP contribution is -2.39. The Hall–Kier alpha value is -2.81. The van der Waals surface area contributed by atoms with Crippen LogP contribution >= 0.6 is 23.2 Å². The second kappa shape index (κ2) is 12.8. The second-order valence-electron chi connectivity index (χ2n) is 10.9. The molecule has 2 aromatic rings. The van der Waals surface area contributed by atoms with Crippen LogP contribution < -0.4 is 16.0 Å². The molecule has 0 saturated heterocycles. The van der Waals surface area contributed by atoms with Gasteiger partial charge in [-0.3, -0.25) is 4.79 Å². The van der Waals surface area contributed by atoms with Crippen LogP contribution in [0.1, 0.15) is 68.4 Å². The Bertz CT molecular complexity index is 1140. The molecule has 3 rings (SSSR count). The number of halogens is 2. The number of carboxylic acids is 1. The van der Waals surface area contributed by atoms with Gasteiger partial charge in [0.1, 0.15) is 0 Å². The molecule has 5 N–H and O–H groups in total. The van der Waals surface area contributed by atoms with Crippen molar-refractivity contribution in [3.05, 3.63) is 63.6 Å². The van der Waals surface area contributed by atoms with Crippen LogP contribution in [0.15, 0.2) is 42.5 Å². The molecule has 0 bridgehead atoms. The van der Waals surface area contributed by atoms with Crippen molar-refractivity contribution in [3.8, 4) is 0 Å². The minimum atomic E-state index is -1.68. The van der Waals surface area contributed by atoms with Gasteiger partial charge in [0.2, 0.25) is 0 Å². The van der Waals surface area contributed by atoms with Crippen LogP contribution in [0, 0.1) is 17.3 Å². The first-order chi connectivity index (χ1) is 17.8. The van der Waals surface area contributed by atoms with Crippen molar-refractivity contribution < 1.29 is 24.6 Å². The number of hydrogen-bond donors (Lipinski definition) is 5. The molecule has 38 heavy (non-hydrogen) atoms. The van der Waals surface area contributed by atoms with Gasteiger partial charge in [0, 0.05) is 11.3 Å². The number of hydrogen-bond acceptors (Lipinski definition) is 4. The number of carbonyl (C=O) groups is 3. The van der Waals surface area contributed by atoms with Gasteiger partial charge in [-0.15, -0.1) is 0 Å².